The zero-order chi connectivity index (χ0) is 14.5. The summed E-state index contributed by atoms with van der Waals surface area (Å²) in [6.45, 7) is 7.61. The van der Waals surface area contributed by atoms with Crippen molar-refractivity contribution >= 4 is 23.2 Å². The van der Waals surface area contributed by atoms with Crippen molar-refractivity contribution in [2.45, 2.75) is 13.3 Å². The summed E-state index contributed by atoms with van der Waals surface area (Å²) < 4.78 is 0. The van der Waals surface area contributed by atoms with Crippen molar-refractivity contribution < 1.29 is 9.59 Å². The number of thiophene rings is 1. The molecular formula is C15H20N2O2S. The van der Waals surface area contributed by atoms with Gasteiger partial charge in [0.2, 0.25) is 11.8 Å². The van der Waals surface area contributed by atoms with Gasteiger partial charge >= 0.3 is 0 Å². The second kappa shape index (κ2) is 6.70. The largest absolute Gasteiger partial charge is 0.340 e. The van der Waals surface area contributed by atoms with E-state index in [1.54, 1.807) is 11.3 Å². The van der Waals surface area contributed by atoms with E-state index < -0.39 is 0 Å². The van der Waals surface area contributed by atoms with Crippen molar-refractivity contribution in [2.75, 3.05) is 26.2 Å². The van der Waals surface area contributed by atoms with Gasteiger partial charge in [0.25, 0.3) is 0 Å². The minimum Gasteiger partial charge on any atom is -0.340 e. The van der Waals surface area contributed by atoms with E-state index in [9.17, 15) is 9.59 Å². The van der Waals surface area contributed by atoms with Crippen LogP contribution >= 0.6 is 11.3 Å². The highest BCUT2D eigenvalue weighted by Gasteiger charge is 2.31. The maximum atomic E-state index is 12.1. The lowest BCUT2D eigenvalue weighted by Crippen LogP contribution is -2.54. The van der Waals surface area contributed by atoms with Crippen LogP contribution in [-0.2, 0) is 16.0 Å². The molecule has 0 unspecified atom stereocenters. The second-order valence-electron chi connectivity index (χ2n) is 5.06. The lowest BCUT2D eigenvalue weighted by Gasteiger charge is -2.40. The standard InChI is InChI=1S/C15H20N2O2S/c1-3-14(18)16(4-2)10-15(19)17-8-13(9-17)7-12-5-6-20-11-12/h3,5-6,11,13H,1,4,7-10H2,2H3. The Bertz CT molecular complexity index is 478. The normalized spacial score (nSPS) is 14.8. The average molecular weight is 292 g/mol. The van der Waals surface area contributed by atoms with Gasteiger partial charge in [0.15, 0.2) is 0 Å². The predicted molar refractivity (Wildman–Crippen MR) is 80.5 cm³/mol. The van der Waals surface area contributed by atoms with Crippen molar-refractivity contribution in [3.63, 3.8) is 0 Å². The van der Waals surface area contributed by atoms with Crippen LogP contribution < -0.4 is 0 Å². The molecule has 1 fully saturated rings. The van der Waals surface area contributed by atoms with E-state index in [0.29, 0.717) is 12.5 Å². The molecule has 0 spiro atoms. The Labute approximate surface area is 123 Å². The first-order chi connectivity index (χ1) is 9.63. The van der Waals surface area contributed by atoms with Gasteiger partial charge in [0.05, 0.1) is 6.54 Å². The van der Waals surface area contributed by atoms with Gasteiger partial charge in [-0.25, -0.2) is 0 Å². The van der Waals surface area contributed by atoms with E-state index in [4.69, 9.17) is 0 Å². The number of hydrogen-bond acceptors (Lipinski definition) is 3. The SMILES string of the molecule is C=CC(=O)N(CC)CC(=O)N1CC(Cc2ccsc2)C1. The third kappa shape index (κ3) is 3.48. The zero-order valence-electron chi connectivity index (χ0n) is 11.7. The van der Waals surface area contributed by atoms with E-state index >= 15 is 0 Å². The number of likely N-dealkylation sites (N-methyl/N-ethyl adjacent to an activating group) is 1. The molecule has 2 amide bonds. The molecule has 1 aliphatic rings. The summed E-state index contributed by atoms with van der Waals surface area (Å²) in [5.74, 6) is 0.401. The average Bonchev–Trinajstić information content (AvgIpc) is 2.91. The van der Waals surface area contributed by atoms with Gasteiger partial charge in [-0.2, -0.15) is 11.3 Å². The van der Waals surface area contributed by atoms with Crippen LogP contribution in [0, 0.1) is 5.92 Å². The molecule has 4 nitrogen and oxygen atoms in total. The molecule has 0 saturated carbocycles. The summed E-state index contributed by atoms with van der Waals surface area (Å²) in [5, 5.41) is 4.24. The van der Waals surface area contributed by atoms with Crippen LogP contribution in [0.5, 0.6) is 0 Å². The molecule has 20 heavy (non-hydrogen) atoms. The van der Waals surface area contributed by atoms with Crippen LogP contribution in [-0.4, -0.2) is 47.8 Å². The number of likely N-dealkylation sites (tertiary alicyclic amines) is 1. The third-order valence-corrected chi connectivity index (χ3v) is 4.34. The summed E-state index contributed by atoms with van der Waals surface area (Å²) in [5.41, 5.74) is 1.35. The monoisotopic (exact) mass is 292 g/mol. The zero-order valence-corrected chi connectivity index (χ0v) is 12.6. The van der Waals surface area contributed by atoms with Crippen LogP contribution in [0.3, 0.4) is 0 Å². The minimum absolute atomic E-state index is 0.0311. The van der Waals surface area contributed by atoms with Gasteiger partial charge in [0.1, 0.15) is 0 Å². The van der Waals surface area contributed by atoms with Crippen molar-refractivity contribution in [1.82, 2.24) is 9.80 Å². The molecule has 0 aromatic carbocycles. The van der Waals surface area contributed by atoms with Crippen LogP contribution in [0.4, 0.5) is 0 Å². The molecular weight excluding hydrogens is 272 g/mol. The molecule has 1 aromatic rings. The van der Waals surface area contributed by atoms with Gasteiger partial charge in [0, 0.05) is 19.6 Å². The van der Waals surface area contributed by atoms with Gasteiger partial charge in [-0.3, -0.25) is 9.59 Å². The van der Waals surface area contributed by atoms with E-state index in [0.717, 1.165) is 19.5 Å². The smallest absolute Gasteiger partial charge is 0.246 e. The van der Waals surface area contributed by atoms with Crippen LogP contribution in [0.2, 0.25) is 0 Å². The summed E-state index contributed by atoms with van der Waals surface area (Å²) in [6, 6.07) is 2.14. The quantitative estimate of drug-likeness (QED) is 0.750. The molecule has 0 radical (unpaired) electrons. The molecule has 1 saturated heterocycles. The lowest BCUT2D eigenvalue weighted by atomic mass is 9.93. The molecule has 2 heterocycles. The molecule has 0 bridgehead atoms. The van der Waals surface area contributed by atoms with Crippen molar-refractivity contribution in [3.8, 4) is 0 Å². The lowest BCUT2D eigenvalue weighted by molar-refractivity contribution is -0.142. The maximum Gasteiger partial charge on any atom is 0.246 e. The Balaban J connectivity index is 1.75. The Kier molecular flexibility index (Phi) is 4.95. The van der Waals surface area contributed by atoms with Gasteiger partial charge in [-0.1, -0.05) is 6.58 Å². The number of carbonyl (C=O) groups excluding carboxylic acids is 2. The van der Waals surface area contributed by atoms with E-state index in [1.807, 2.05) is 11.8 Å². The summed E-state index contributed by atoms with van der Waals surface area (Å²) in [4.78, 5) is 26.9. The molecule has 5 heteroatoms. The highest BCUT2D eigenvalue weighted by atomic mass is 32.1. The number of rotatable bonds is 6. The minimum atomic E-state index is -0.184. The van der Waals surface area contributed by atoms with Crippen LogP contribution in [0.1, 0.15) is 12.5 Å². The summed E-state index contributed by atoms with van der Waals surface area (Å²) in [7, 11) is 0. The first kappa shape index (κ1) is 14.8. The maximum absolute atomic E-state index is 12.1. The summed E-state index contributed by atoms with van der Waals surface area (Å²) in [6.07, 6.45) is 2.29. The van der Waals surface area contributed by atoms with Crippen LogP contribution in [0.25, 0.3) is 0 Å². The number of nitrogens with zero attached hydrogens (tertiary/aromatic N) is 2. The van der Waals surface area contributed by atoms with Gasteiger partial charge < -0.3 is 9.80 Å². The van der Waals surface area contributed by atoms with E-state index in [1.165, 1.54) is 16.5 Å². The second-order valence-corrected chi connectivity index (χ2v) is 5.84. The highest BCUT2D eigenvalue weighted by Crippen LogP contribution is 2.21. The fourth-order valence-corrected chi connectivity index (χ4v) is 3.06. The number of carbonyl (C=O) groups is 2. The number of hydrogen-bond donors (Lipinski definition) is 0. The highest BCUT2D eigenvalue weighted by molar-refractivity contribution is 7.07. The Morgan fingerprint density at radius 1 is 1.55 bits per heavy atom. The van der Waals surface area contributed by atoms with Gasteiger partial charge in [-0.15, -0.1) is 0 Å². The molecule has 108 valence electrons. The van der Waals surface area contributed by atoms with Crippen molar-refractivity contribution in [3.05, 3.63) is 35.0 Å². The first-order valence-electron chi connectivity index (χ1n) is 6.84. The van der Waals surface area contributed by atoms with E-state index in [2.05, 4.69) is 23.4 Å². The molecule has 1 aromatic heterocycles. The Morgan fingerprint density at radius 3 is 2.85 bits per heavy atom. The van der Waals surface area contributed by atoms with Gasteiger partial charge in [-0.05, 0) is 47.7 Å². The molecule has 0 N–H and O–H groups in total. The number of amides is 2. The molecule has 1 aliphatic heterocycles. The molecule has 0 atom stereocenters. The third-order valence-electron chi connectivity index (χ3n) is 3.61. The molecule has 2 rings (SSSR count). The van der Waals surface area contributed by atoms with Crippen molar-refractivity contribution in [1.29, 1.82) is 0 Å². The Hall–Kier alpha value is -1.62. The van der Waals surface area contributed by atoms with Crippen LogP contribution in [0.15, 0.2) is 29.5 Å². The fraction of sp³-hybridized carbons (Fsp3) is 0.467. The topological polar surface area (TPSA) is 40.6 Å². The van der Waals surface area contributed by atoms with E-state index in [-0.39, 0.29) is 18.4 Å². The molecule has 0 aliphatic carbocycles. The van der Waals surface area contributed by atoms with Crippen molar-refractivity contribution in [2.24, 2.45) is 5.92 Å². The predicted octanol–water partition coefficient (Wildman–Crippen LogP) is 1.78. The Morgan fingerprint density at radius 2 is 2.30 bits per heavy atom. The first-order valence-corrected chi connectivity index (χ1v) is 7.78. The fourth-order valence-electron chi connectivity index (χ4n) is 2.38. The summed E-state index contributed by atoms with van der Waals surface area (Å²) >= 11 is 1.71.